The maximum absolute atomic E-state index is 12.0. The van der Waals surface area contributed by atoms with Gasteiger partial charge in [0.15, 0.2) is 0 Å². The molecule has 0 radical (unpaired) electrons. The van der Waals surface area contributed by atoms with E-state index in [1.54, 1.807) is 24.3 Å². The summed E-state index contributed by atoms with van der Waals surface area (Å²) >= 11 is 0. The number of piperidine rings is 1. The molecule has 0 N–H and O–H groups in total. The predicted molar refractivity (Wildman–Crippen MR) is 74.5 cm³/mol. The Bertz CT molecular complexity index is 502. The van der Waals surface area contributed by atoms with Crippen LogP contribution in [0.15, 0.2) is 29.2 Å². The van der Waals surface area contributed by atoms with Gasteiger partial charge in [-0.05, 0) is 58.0 Å². The van der Waals surface area contributed by atoms with Gasteiger partial charge < -0.3 is 4.90 Å². The lowest BCUT2D eigenvalue weighted by Gasteiger charge is -2.28. The van der Waals surface area contributed by atoms with Crippen LogP contribution in [0.5, 0.6) is 0 Å². The zero-order chi connectivity index (χ0) is 13.9. The molecule has 0 saturated carbocycles. The summed E-state index contributed by atoms with van der Waals surface area (Å²) in [6, 6.07) is 6.76. The monoisotopic (exact) mass is 283 g/mol. The Morgan fingerprint density at radius 2 is 1.79 bits per heavy atom. The Labute approximate surface area is 115 Å². The van der Waals surface area contributed by atoms with Crippen molar-refractivity contribution in [2.24, 2.45) is 5.92 Å². The zero-order valence-electron chi connectivity index (χ0n) is 11.5. The third-order valence-corrected chi connectivity index (χ3v) is 4.90. The molecule has 1 aromatic carbocycles. The number of hydrogen-bond donors (Lipinski definition) is 0. The van der Waals surface area contributed by atoms with Crippen molar-refractivity contribution in [3.05, 3.63) is 29.8 Å². The average molecular weight is 283 g/mol. The van der Waals surface area contributed by atoms with Gasteiger partial charge in [-0.25, -0.2) is 0 Å². The van der Waals surface area contributed by atoms with Gasteiger partial charge in [0.25, 0.3) is 10.1 Å². The van der Waals surface area contributed by atoms with Crippen molar-refractivity contribution in [2.45, 2.75) is 24.7 Å². The second kappa shape index (κ2) is 6.03. The molecule has 0 spiro atoms. The number of rotatable bonds is 4. The molecule has 0 aliphatic carbocycles. The highest BCUT2D eigenvalue weighted by molar-refractivity contribution is 7.86. The van der Waals surface area contributed by atoms with Crippen LogP contribution in [0.25, 0.3) is 0 Å². The fourth-order valence-electron chi connectivity index (χ4n) is 2.19. The molecule has 2 rings (SSSR count). The SMILES string of the molecule is Cc1ccc(S(=O)(=O)OCC2CCN(C)CC2)cc1. The fourth-order valence-corrected chi connectivity index (χ4v) is 3.16. The maximum Gasteiger partial charge on any atom is 0.296 e. The molecule has 1 heterocycles. The largest absolute Gasteiger partial charge is 0.306 e. The highest BCUT2D eigenvalue weighted by atomic mass is 32.2. The molecule has 0 bridgehead atoms. The van der Waals surface area contributed by atoms with Crippen LogP contribution in [0.4, 0.5) is 0 Å². The zero-order valence-corrected chi connectivity index (χ0v) is 12.3. The van der Waals surface area contributed by atoms with Gasteiger partial charge in [0.2, 0.25) is 0 Å². The Hall–Kier alpha value is -0.910. The first-order valence-electron chi connectivity index (χ1n) is 6.62. The summed E-state index contributed by atoms with van der Waals surface area (Å²) in [6.07, 6.45) is 2.00. The molecule has 5 heteroatoms. The topological polar surface area (TPSA) is 46.6 Å². The predicted octanol–water partition coefficient (Wildman–Crippen LogP) is 2.04. The molecule has 1 aromatic rings. The van der Waals surface area contributed by atoms with Crippen molar-refractivity contribution in [3.63, 3.8) is 0 Å². The summed E-state index contributed by atoms with van der Waals surface area (Å²) in [5, 5.41) is 0. The van der Waals surface area contributed by atoms with Gasteiger partial charge in [-0.2, -0.15) is 8.42 Å². The van der Waals surface area contributed by atoms with Crippen molar-refractivity contribution < 1.29 is 12.6 Å². The highest BCUT2D eigenvalue weighted by Crippen LogP contribution is 2.19. The molecular weight excluding hydrogens is 262 g/mol. The van der Waals surface area contributed by atoms with Crippen molar-refractivity contribution in [2.75, 3.05) is 26.7 Å². The lowest BCUT2D eigenvalue weighted by molar-refractivity contribution is 0.163. The molecule has 4 nitrogen and oxygen atoms in total. The van der Waals surface area contributed by atoms with E-state index in [0.717, 1.165) is 31.5 Å². The molecule has 1 saturated heterocycles. The van der Waals surface area contributed by atoms with Crippen molar-refractivity contribution in [1.82, 2.24) is 4.90 Å². The Morgan fingerprint density at radius 3 is 2.37 bits per heavy atom. The van der Waals surface area contributed by atoms with E-state index >= 15 is 0 Å². The van der Waals surface area contributed by atoms with E-state index in [-0.39, 0.29) is 4.90 Å². The van der Waals surface area contributed by atoms with Gasteiger partial charge in [-0.3, -0.25) is 4.18 Å². The summed E-state index contributed by atoms with van der Waals surface area (Å²) in [5.74, 6) is 0.344. The number of hydrogen-bond acceptors (Lipinski definition) is 4. The Balaban J connectivity index is 1.92. The molecule has 106 valence electrons. The van der Waals surface area contributed by atoms with Crippen molar-refractivity contribution >= 4 is 10.1 Å². The quantitative estimate of drug-likeness (QED) is 0.793. The third-order valence-electron chi connectivity index (χ3n) is 3.61. The first kappa shape index (κ1) is 14.5. The normalized spacial score (nSPS) is 18.6. The van der Waals surface area contributed by atoms with Gasteiger partial charge >= 0.3 is 0 Å². The number of likely N-dealkylation sites (tertiary alicyclic amines) is 1. The lowest BCUT2D eigenvalue weighted by Crippen LogP contribution is -2.32. The summed E-state index contributed by atoms with van der Waals surface area (Å²) in [4.78, 5) is 2.50. The highest BCUT2D eigenvalue weighted by Gasteiger charge is 2.21. The Morgan fingerprint density at radius 1 is 1.21 bits per heavy atom. The smallest absolute Gasteiger partial charge is 0.296 e. The van der Waals surface area contributed by atoms with Crippen LogP contribution >= 0.6 is 0 Å². The number of benzene rings is 1. The minimum absolute atomic E-state index is 0.242. The lowest BCUT2D eigenvalue weighted by atomic mass is 9.98. The van der Waals surface area contributed by atoms with Crippen LogP contribution in [-0.2, 0) is 14.3 Å². The van der Waals surface area contributed by atoms with E-state index in [4.69, 9.17) is 4.18 Å². The first-order valence-corrected chi connectivity index (χ1v) is 8.03. The third kappa shape index (κ3) is 4.03. The number of aryl methyl sites for hydroxylation is 1. The standard InChI is InChI=1S/C14H21NO3S/c1-12-3-5-14(6-4-12)19(16,17)18-11-13-7-9-15(2)10-8-13/h3-6,13H,7-11H2,1-2H3. The van der Waals surface area contributed by atoms with Crippen LogP contribution in [0.3, 0.4) is 0 Å². The summed E-state index contributed by atoms with van der Waals surface area (Å²) in [6.45, 7) is 4.25. The first-order chi connectivity index (χ1) is 8.97. The molecule has 1 aliphatic rings. The second-order valence-electron chi connectivity index (χ2n) is 5.30. The van der Waals surface area contributed by atoms with Crippen LogP contribution in [0.1, 0.15) is 18.4 Å². The molecule has 19 heavy (non-hydrogen) atoms. The van der Waals surface area contributed by atoms with Gasteiger partial charge in [0.05, 0.1) is 11.5 Å². The van der Waals surface area contributed by atoms with E-state index in [2.05, 4.69) is 11.9 Å². The molecular formula is C14H21NO3S. The van der Waals surface area contributed by atoms with Gasteiger partial charge in [0.1, 0.15) is 0 Å². The summed E-state index contributed by atoms with van der Waals surface area (Å²) in [5.41, 5.74) is 1.04. The fraction of sp³-hybridized carbons (Fsp3) is 0.571. The van der Waals surface area contributed by atoms with Crippen LogP contribution in [-0.4, -0.2) is 40.1 Å². The molecule has 0 unspecified atom stereocenters. The molecule has 0 amide bonds. The van der Waals surface area contributed by atoms with Crippen LogP contribution < -0.4 is 0 Å². The molecule has 1 aliphatic heterocycles. The average Bonchev–Trinajstić information content (AvgIpc) is 2.39. The summed E-state index contributed by atoms with van der Waals surface area (Å²) in [7, 11) is -1.52. The van der Waals surface area contributed by atoms with E-state index in [1.165, 1.54) is 0 Å². The van der Waals surface area contributed by atoms with Gasteiger partial charge in [-0.15, -0.1) is 0 Å². The van der Waals surface area contributed by atoms with Crippen molar-refractivity contribution in [1.29, 1.82) is 0 Å². The molecule has 0 aromatic heterocycles. The van der Waals surface area contributed by atoms with Crippen LogP contribution in [0.2, 0.25) is 0 Å². The minimum atomic E-state index is -3.60. The van der Waals surface area contributed by atoms with E-state index < -0.39 is 10.1 Å². The molecule has 1 fully saturated rings. The second-order valence-corrected chi connectivity index (χ2v) is 6.91. The van der Waals surface area contributed by atoms with Crippen LogP contribution in [0, 0.1) is 12.8 Å². The Kier molecular flexibility index (Phi) is 4.60. The van der Waals surface area contributed by atoms with Gasteiger partial charge in [0, 0.05) is 0 Å². The maximum atomic E-state index is 12.0. The van der Waals surface area contributed by atoms with Crippen molar-refractivity contribution in [3.8, 4) is 0 Å². The van der Waals surface area contributed by atoms with E-state index in [1.807, 2.05) is 6.92 Å². The number of nitrogens with zero attached hydrogens (tertiary/aromatic N) is 1. The van der Waals surface area contributed by atoms with E-state index in [0.29, 0.717) is 12.5 Å². The van der Waals surface area contributed by atoms with Gasteiger partial charge in [-0.1, -0.05) is 17.7 Å². The molecule has 0 atom stereocenters. The summed E-state index contributed by atoms with van der Waals surface area (Å²) < 4.78 is 29.2. The van der Waals surface area contributed by atoms with E-state index in [9.17, 15) is 8.42 Å². The minimum Gasteiger partial charge on any atom is -0.306 e.